The number of ether oxygens (including phenoxy) is 1. The zero-order valence-corrected chi connectivity index (χ0v) is 11.3. The Morgan fingerprint density at radius 2 is 2.11 bits per heavy atom. The van der Waals surface area contributed by atoms with Crippen molar-refractivity contribution in [3.05, 3.63) is 29.8 Å². The van der Waals surface area contributed by atoms with Gasteiger partial charge in [-0.15, -0.1) is 0 Å². The second-order valence-electron chi connectivity index (χ2n) is 4.53. The molecular weight excluding hydrogens is 228 g/mol. The van der Waals surface area contributed by atoms with Crippen LogP contribution in [-0.2, 0) is 16.1 Å². The Morgan fingerprint density at radius 3 is 2.78 bits per heavy atom. The molecule has 1 rings (SSSR count). The molecule has 0 aliphatic heterocycles. The summed E-state index contributed by atoms with van der Waals surface area (Å²) in [6, 6.07) is 7.82. The molecule has 1 aromatic rings. The van der Waals surface area contributed by atoms with Crippen molar-refractivity contribution in [1.82, 2.24) is 5.32 Å². The van der Waals surface area contributed by atoms with E-state index in [0.29, 0.717) is 5.92 Å². The van der Waals surface area contributed by atoms with Crippen LogP contribution in [0.2, 0.25) is 0 Å². The first-order valence-corrected chi connectivity index (χ1v) is 6.18. The molecule has 0 saturated carbocycles. The first kappa shape index (κ1) is 14.7. The summed E-state index contributed by atoms with van der Waals surface area (Å²) in [5.74, 6) is 0.429. The van der Waals surface area contributed by atoms with Gasteiger partial charge in [0.25, 0.3) is 0 Å². The van der Waals surface area contributed by atoms with E-state index in [9.17, 15) is 4.79 Å². The van der Waals surface area contributed by atoms with Gasteiger partial charge in [0.05, 0.1) is 0 Å². The molecule has 4 heteroatoms. The average molecular weight is 250 g/mol. The van der Waals surface area contributed by atoms with E-state index in [2.05, 4.69) is 17.6 Å². The molecule has 0 spiro atoms. The van der Waals surface area contributed by atoms with Crippen LogP contribution in [0.25, 0.3) is 0 Å². The minimum Gasteiger partial charge on any atom is -0.384 e. The number of carbonyl (C=O) groups is 1. The lowest BCUT2D eigenvalue weighted by atomic mass is 10.1. The quantitative estimate of drug-likeness (QED) is 0.778. The zero-order chi connectivity index (χ0) is 13.4. The maximum absolute atomic E-state index is 11.1. The predicted octanol–water partition coefficient (Wildman–Crippen LogP) is 2.02. The molecule has 1 atom stereocenters. The maximum Gasteiger partial charge on any atom is 0.221 e. The van der Waals surface area contributed by atoms with Crippen LogP contribution in [0, 0.1) is 5.92 Å². The van der Waals surface area contributed by atoms with Crippen LogP contribution in [0.15, 0.2) is 24.3 Å². The van der Waals surface area contributed by atoms with Crippen LogP contribution in [-0.4, -0.2) is 26.2 Å². The van der Waals surface area contributed by atoms with Crippen LogP contribution in [0.5, 0.6) is 0 Å². The van der Waals surface area contributed by atoms with E-state index < -0.39 is 0 Å². The third kappa shape index (κ3) is 5.29. The number of para-hydroxylation sites is 1. The van der Waals surface area contributed by atoms with Crippen LogP contribution < -0.4 is 10.6 Å². The van der Waals surface area contributed by atoms with Crippen LogP contribution in [0.1, 0.15) is 19.4 Å². The Morgan fingerprint density at radius 1 is 1.39 bits per heavy atom. The van der Waals surface area contributed by atoms with Crippen molar-refractivity contribution < 1.29 is 9.53 Å². The predicted molar refractivity (Wildman–Crippen MR) is 73.5 cm³/mol. The van der Waals surface area contributed by atoms with Crippen molar-refractivity contribution in [3.63, 3.8) is 0 Å². The summed E-state index contributed by atoms with van der Waals surface area (Å²) < 4.78 is 5.09. The number of hydrogen-bond donors (Lipinski definition) is 2. The minimum atomic E-state index is -0.0461. The standard InChI is InChI=1S/C14H22N2O2/c1-11(10-18-3)8-15-9-13-6-4-5-7-14(13)16-12(2)17/h4-7,11,15H,8-10H2,1-3H3,(H,16,17). The van der Waals surface area contributed by atoms with E-state index in [1.165, 1.54) is 6.92 Å². The highest BCUT2D eigenvalue weighted by molar-refractivity contribution is 5.89. The summed E-state index contributed by atoms with van der Waals surface area (Å²) in [6.45, 7) is 6.04. The van der Waals surface area contributed by atoms with Crippen molar-refractivity contribution in [2.24, 2.45) is 5.92 Å². The summed E-state index contributed by atoms with van der Waals surface area (Å²) >= 11 is 0. The van der Waals surface area contributed by atoms with Gasteiger partial charge in [0, 0.05) is 39.4 Å². The normalized spacial score (nSPS) is 12.2. The third-order valence-corrected chi connectivity index (χ3v) is 2.59. The van der Waals surface area contributed by atoms with E-state index in [4.69, 9.17) is 4.74 Å². The van der Waals surface area contributed by atoms with E-state index >= 15 is 0 Å². The fraction of sp³-hybridized carbons (Fsp3) is 0.500. The minimum absolute atomic E-state index is 0.0461. The highest BCUT2D eigenvalue weighted by atomic mass is 16.5. The molecule has 0 fully saturated rings. The number of amides is 1. The Hall–Kier alpha value is -1.39. The van der Waals surface area contributed by atoms with Gasteiger partial charge in [-0.1, -0.05) is 25.1 Å². The van der Waals surface area contributed by atoms with Crippen molar-refractivity contribution in [3.8, 4) is 0 Å². The van der Waals surface area contributed by atoms with Gasteiger partial charge in [-0.2, -0.15) is 0 Å². The van der Waals surface area contributed by atoms with Gasteiger partial charge < -0.3 is 15.4 Å². The smallest absolute Gasteiger partial charge is 0.221 e. The maximum atomic E-state index is 11.1. The molecule has 0 bridgehead atoms. The molecule has 2 N–H and O–H groups in total. The van der Waals surface area contributed by atoms with Crippen molar-refractivity contribution in [1.29, 1.82) is 0 Å². The Labute approximate surface area is 109 Å². The number of hydrogen-bond acceptors (Lipinski definition) is 3. The van der Waals surface area contributed by atoms with Gasteiger partial charge in [0.15, 0.2) is 0 Å². The van der Waals surface area contributed by atoms with Gasteiger partial charge in [0.2, 0.25) is 5.91 Å². The van der Waals surface area contributed by atoms with E-state index in [-0.39, 0.29) is 5.91 Å². The fourth-order valence-corrected chi connectivity index (χ4v) is 1.78. The average Bonchev–Trinajstić information content (AvgIpc) is 2.31. The molecule has 1 amide bonds. The van der Waals surface area contributed by atoms with Crippen LogP contribution in [0.3, 0.4) is 0 Å². The molecule has 100 valence electrons. The molecule has 18 heavy (non-hydrogen) atoms. The largest absolute Gasteiger partial charge is 0.384 e. The molecular formula is C14H22N2O2. The van der Waals surface area contributed by atoms with Crippen molar-refractivity contribution >= 4 is 11.6 Å². The topological polar surface area (TPSA) is 50.4 Å². The SMILES string of the molecule is COCC(C)CNCc1ccccc1NC(C)=O. The zero-order valence-electron chi connectivity index (χ0n) is 11.3. The summed E-state index contributed by atoms with van der Waals surface area (Å²) in [4.78, 5) is 11.1. The van der Waals surface area contributed by atoms with Gasteiger partial charge in [-0.25, -0.2) is 0 Å². The molecule has 0 aliphatic carbocycles. The lowest BCUT2D eigenvalue weighted by Crippen LogP contribution is -2.24. The van der Waals surface area contributed by atoms with E-state index in [1.807, 2.05) is 24.3 Å². The number of anilines is 1. The van der Waals surface area contributed by atoms with Crippen molar-refractivity contribution in [2.75, 3.05) is 25.6 Å². The number of nitrogens with one attached hydrogen (secondary N) is 2. The molecule has 0 radical (unpaired) electrons. The number of carbonyl (C=O) groups excluding carboxylic acids is 1. The lowest BCUT2D eigenvalue weighted by molar-refractivity contribution is -0.114. The number of methoxy groups -OCH3 is 1. The van der Waals surface area contributed by atoms with Crippen molar-refractivity contribution in [2.45, 2.75) is 20.4 Å². The molecule has 1 unspecified atom stereocenters. The second kappa shape index (κ2) is 7.84. The number of rotatable bonds is 7. The summed E-state index contributed by atoms with van der Waals surface area (Å²) in [5.41, 5.74) is 1.97. The van der Waals surface area contributed by atoms with Gasteiger partial charge in [0.1, 0.15) is 0 Å². The lowest BCUT2D eigenvalue weighted by Gasteiger charge is -2.13. The molecule has 0 aliphatic rings. The molecule has 0 aromatic heterocycles. The number of benzene rings is 1. The van der Waals surface area contributed by atoms with Gasteiger partial charge in [-0.3, -0.25) is 4.79 Å². The summed E-state index contributed by atoms with van der Waals surface area (Å²) in [7, 11) is 1.71. The monoisotopic (exact) mass is 250 g/mol. The molecule has 4 nitrogen and oxygen atoms in total. The fourth-order valence-electron chi connectivity index (χ4n) is 1.78. The highest BCUT2D eigenvalue weighted by Crippen LogP contribution is 2.14. The van der Waals surface area contributed by atoms with Crippen LogP contribution in [0.4, 0.5) is 5.69 Å². The molecule has 1 aromatic carbocycles. The summed E-state index contributed by atoms with van der Waals surface area (Å²) in [6.07, 6.45) is 0. The Bertz CT molecular complexity index is 380. The van der Waals surface area contributed by atoms with Gasteiger partial charge in [-0.05, 0) is 17.5 Å². The molecule has 0 heterocycles. The first-order chi connectivity index (χ1) is 8.63. The Kier molecular flexibility index (Phi) is 6.39. The first-order valence-electron chi connectivity index (χ1n) is 6.18. The Balaban J connectivity index is 2.48. The van der Waals surface area contributed by atoms with E-state index in [1.54, 1.807) is 7.11 Å². The third-order valence-electron chi connectivity index (χ3n) is 2.59. The second-order valence-corrected chi connectivity index (χ2v) is 4.53. The molecule has 0 saturated heterocycles. The summed E-state index contributed by atoms with van der Waals surface area (Å²) in [5, 5.41) is 6.20. The van der Waals surface area contributed by atoms with E-state index in [0.717, 1.165) is 30.9 Å². The van der Waals surface area contributed by atoms with Gasteiger partial charge >= 0.3 is 0 Å². The van der Waals surface area contributed by atoms with Crippen LogP contribution >= 0.6 is 0 Å². The highest BCUT2D eigenvalue weighted by Gasteiger charge is 2.04.